The van der Waals surface area contributed by atoms with E-state index in [-0.39, 0.29) is 12.3 Å². The highest BCUT2D eigenvalue weighted by molar-refractivity contribution is 7.09. The van der Waals surface area contributed by atoms with E-state index in [1.807, 2.05) is 18.5 Å². The summed E-state index contributed by atoms with van der Waals surface area (Å²) in [5, 5.41) is 14.3. The number of hydrogen-bond acceptors (Lipinski definition) is 4. The van der Waals surface area contributed by atoms with Crippen LogP contribution in [0, 0.1) is 6.92 Å². The average Bonchev–Trinajstić information content (AvgIpc) is 2.94. The number of nitrogens with one attached hydrogen (secondary N) is 1. The molecule has 0 bridgehead atoms. The van der Waals surface area contributed by atoms with Crippen LogP contribution in [0.25, 0.3) is 11.3 Å². The Morgan fingerprint density at radius 2 is 2.24 bits per heavy atom. The Hall–Kier alpha value is -2.15. The first-order valence-electron chi connectivity index (χ1n) is 6.48. The molecule has 1 unspecified atom stereocenters. The molecule has 0 aliphatic heterocycles. The van der Waals surface area contributed by atoms with Gasteiger partial charge in [0.05, 0.1) is 17.1 Å². The highest BCUT2D eigenvalue weighted by Gasteiger charge is 2.17. The average molecular weight is 307 g/mol. The van der Waals surface area contributed by atoms with Gasteiger partial charge < -0.3 is 15.0 Å². The molecule has 21 heavy (non-hydrogen) atoms. The fourth-order valence-electron chi connectivity index (χ4n) is 2.04. The van der Waals surface area contributed by atoms with Crippen molar-refractivity contribution in [1.82, 2.24) is 14.9 Å². The van der Waals surface area contributed by atoms with Gasteiger partial charge in [-0.1, -0.05) is 0 Å². The maximum Gasteiger partial charge on any atom is 0.305 e. The van der Waals surface area contributed by atoms with Gasteiger partial charge in [-0.25, -0.2) is 4.98 Å². The first-order valence-corrected chi connectivity index (χ1v) is 7.36. The van der Waals surface area contributed by atoms with Crippen LogP contribution < -0.4 is 5.32 Å². The van der Waals surface area contributed by atoms with Crippen LogP contribution in [-0.4, -0.2) is 32.6 Å². The van der Waals surface area contributed by atoms with Crippen LogP contribution in [0.2, 0.25) is 0 Å². The monoisotopic (exact) mass is 307 g/mol. The molecule has 112 valence electrons. The predicted molar refractivity (Wildman–Crippen MR) is 80.4 cm³/mol. The van der Waals surface area contributed by atoms with Crippen molar-refractivity contribution in [2.75, 3.05) is 0 Å². The number of nitrogens with zero attached hydrogens (tertiary/aromatic N) is 2. The molecule has 7 heteroatoms. The standard InChI is InChI=1S/C14H17N3O3S/c1-8(4-13(18)19)15-14(20)12-5-10(6-17(12)3)11-7-21-9(2)16-11/h5-8H,4H2,1-3H3,(H,15,20)(H,18,19). The summed E-state index contributed by atoms with van der Waals surface area (Å²) < 4.78 is 1.72. The van der Waals surface area contributed by atoms with Crippen LogP contribution >= 0.6 is 11.3 Å². The molecule has 1 atom stereocenters. The van der Waals surface area contributed by atoms with Crippen molar-refractivity contribution in [3.8, 4) is 11.3 Å². The Morgan fingerprint density at radius 1 is 1.52 bits per heavy atom. The lowest BCUT2D eigenvalue weighted by atomic mass is 10.2. The molecule has 2 aromatic rings. The minimum atomic E-state index is -0.937. The second-order valence-electron chi connectivity index (χ2n) is 4.95. The molecule has 0 saturated carbocycles. The van der Waals surface area contributed by atoms with Crippen molar-refractivity contribution in [1.29, 1.82) is 0 Å². The van der Waals surface area contributed by atoms with Crippen molar-refractivity contribution < 1.29 is 14.7 Å². The topological polar surface area (TPSA) is 84.2 Å². The van der Waals surface area contributed by atoms with E-state index in [1.165, 1.54) is 0 Å². The summed E-state index contributed by atoms with van der Waals surface area (Å²) in [6.45, 7) is 3.60. The molecule has 2 aromatic heterocycles. The van der Waals surface area contributed by atoms with Crippen molar-refractivity contribution >= 4 is 23.2 Å². The lowest BCUT2D eigenvalue weighted by molar-refractivity contribution is -0.137. The predicted octanol–water partition coefficient (Wildman–Crippen LogP) is 2.05. The number of carbonyl (C=O) groups excluding carboxylic acids is 1. The van der Waals surface area contributed by atoms with Crippen molar-refractivity contribution in [2.45, 2.75) is 26.3 Å². The first kappa shape index (κ1) is 15.2. The summed E-state index contributed by atoms with van der Waals surface area (Å²) in [5.41, 5.74) is 2.19. The molecule has 0 fully saturated rings. The van der Waals surface area contributed by atoms with Crippen LogP contribution in [0.3, 0.4) is 0 Å². The SMILES string of the molecule is Cc1nc(-c2cc(C(=O)NC(C)CC(=O)O)n(C)c2)cs1. The van der Waals surface area contributed by atoms with E-state index in [9.17, 15) is 9.59 Å². The first-order chi connectivity index (χ1) is 9.86. The molecular weight excluding hydrogens is 290 g/mol. The Morgan fingerprint density at radius 3 is 2.81 bits per heavy atom. The van der Waals surface area contributed by atoms with E-state index in [4.69, 9.17) is 5.11 Å². The molecular formula is C14H17N3O3S. The van der Waals surface area contributed by atoms with Gasteiger partial charge in [-0.3, -0.25) is 9.59 Å². The number of aryl methyl sites for hydroxylation is 2. The summed E-state index contributed by atoms with van der Waals surface area (Å²) in [7, 11) is 1.78. The number of amides is 1. The second-order valence-corrected chi connectivity index (χ2v) is 6.01. The van der Waals surface area contributed by atoms with E-state index in [2.05, 4.69) is 10.3 Å². The number of hydrogen-bond donors (Lipinski definition) is 2. The van der Waals surface area contributed by atoms with Gasteiger partial charge in [0.2, 0.25) is 0 Å². The third-order valence-electron chi connectivity index (χ3n) is 3.01. The fourth-order valence-corrected chi connectivity index (χ4v) is 2.66. The van der Waals surface area contributed by atoms with Crippen LogP contribution in [0.5, 0.6) is 0 Å². The highest BCUT2D eigenvalue weighted by Crippen LogP contribution is 2.23. The summed E-state index contributed by atoms with van der Waals surface area (Å²) >= 11 is 1.55. The largest absolute Gasteiger partial charge is 0.481 e. The molecule has 0 spiro atoms. The minimum absolute atomic E-state index is 0.103. The Kier molecular flexibility index (Phi) is 4.42. The van der Waals surface area contributed by atoms with Crippen LogP contribution in [0.4, 0.5) is 0 Å². The third kappa shape index (κ3) is 3.69. The molecule has 1 amide bonds. The number of carbonyl (C=O) groups is 2. The van der Waals surface area contributed by atoms with Crippen LogP contribution in [-0.2, 0) is 11.8 Å². The minimum Gasteiger partial charge on any atom is -0.481 e. The van der Waals surface area contributed by atoms with Gasteiger partial charge in [0.1, 0.15) is 5.69 Å². The van der Waals surface area contributed by atoms with E-state index in [0.29, 0.717) is 5.69 Å². The quantitative estimate of drug-likeness (QED) is 0.885. The van der Waals surface area contributed by atoms with Crippen LogP contribution in [0.1, 0.15) is 28.8 Å². The van der Waals surface area contributed by atoms with Crippen molar-refractivity contribution in [2.24, 2.45) is 7.05 Å². The number of thiazole rings is 1. The number of aliphatic carboxylic acids is 1. The van der Waals surface area contributed by atoms with Crippen molar-refractivity contribution in [3.05, 3.63) is 28.3 Å². The summed E-state index contributed by atoms with van der Waals surface area (Å²) in [6, 6.07) is 1.34. The summed E-state index contributed by atoms with van der Waals surface area (Å²) in [5.74, 6) is -1.22. The highest BCUT2D eigenvalue weighted by atomic mass is 32.1. The van der Waals surface area contributed by atoms with Gasteiger partial charge in [0.15, 0.2) is 0 Å². The van der Waals surface area contributed by atoms with Gasteiger partial charge in [-0.05, 0) is 19.9 Å². The molecule has 0 radical (unpaired) electrons. The molecule has 6 nitrogen and oxygen atoms in total. The Labute approximate surface area is 126 Å². The van der Waals surface area contributed by atoms with Gasteiger partial charge >= 0.3 is 5.97 Å². The van der Waals surface area contributed by atoms with Crippen molar-refractivity contribution in [3.63, 3.8) is 0 Å². The third-order valence-corrected chi connectivity index (χ3v) is 3.78. The summed E-state index contributed by atoms with van der Waals surface area (Å²) in [4.78, 5) is 27.2. The molecule has 2 heterocycles. The molecule has 0 aliphatic carbocycles. The van der Waals surface area contributed by atoms with Crippen LogP contribution in [0.15, 0.2) is 17.6 Å². The molecule has 2 rings (SSSR count). The maximum atomic E-state index is 12.2. The second kappa shape index (κ2) is 6.09. The fraction of sp³-hybridized carbons (Fsp3) is 0.357. The normalized spacial score (nSPS) is 12.1. The molecule has 2 N–H and O–H groups in total. The number of carboxylic acids is 1. The maximum absolute atomic E-state index is 12.2. The summed E-state index contributed by atoms with van der Waals surface area (Å²) in [6.07, 6.45) is 1.74. The number of aromatic nitrogens is 2. The van der Waals surface area contributed by atoms with Gasteiger partial charge in [-0.15, -0.1) is 11.3 Å². The van der Waals surface area contributed by atoms with E-state index in [0.717, 1.165) is 16.3 Å². The zero-order valence-corrected chi connectivity index (χ0v) is 12.9. The lowest BCUT2D eigenvalue weighted by Gasteiger charge is -2.11. The lowest BCUT2D eigenvalue weighted by Crippen LogP contribution is -2.35. The Balaban J connectivity index is 2.15. The van der Waals surface area contributed by atoms with Gasteiger partial charge in [0, 0.05) is 30.2 Å². The van der Waals surface area contributed by atoms with Gasteiger partial charge in [-0.2, -0.15) is 0 Å². The Bertz CT molecular complexity index is 675. The zero-order valence-electron chi connectivity index (χ0n) is 12.1. The van der Waals surface area contributed by atoms with Gasteiger partial charge in [0.25, 0.3) is 5.91 Å². The van der Waals surface area contributed by atoms with E-state index < -0.39 is 12.0 Å². The molecule has 0 saturated heterocycles. The smallest absolute Gasteiger partial charge is 0.305 e. The molecule has 0 aromatic carbocycles. The van der Waals surface area contributed by atoms with E-state index in [1.54, 1.807) is 35.9 Å². The van der Waals surface area contributed by atoms with E-state index >= 15 is 0 Å². The molecule has 0 aliphatic rings. The number of rotatable bonds is 5. The number of carboxylic acid groups (broad SMARTS) is 1. The zero-order chi connectivity index (χ0) is 15.6.